The fourth-order valence-electron chi connectivity index (χ4n) is 2.03. The molecule has 2 unspecified atom stereocenters. The van der Waals surface area contributed by atoms with Gasteiger partial charge < -0.3 is 10.6 Å². The SMILES string of the molecule is CC(NC(=O)C1CNC(=O)C1)c1ccccc1Br. The van der Waals surface area contributed by atoms with Gasteiger partial charge >= 0.3 is 0 Å². The van der Waals surface area contributed by atoms with E-state index in [1.807, 2.05) is 31.2 Å². The van der Waals surface area contributed by atoms with Gasteiger partial charge in [0, 0.05) is 17.4 Å². The molecule has 1 aromatic rings. The fraction of sp³-hybridized carbons (Fsp3) is 0.385. The molecule has 18 heavy (non-hydrogen) atoms. The van der Waals surface area contributed by atoms with Crippen molar-refractivity contribution in [3.63, 3.8) is 0 Å². The maximum Gasteiger partial charge on any atom is 0.225 e. The number of hydrogen-bond acceptors (Lipinski definition) is 2. The number of halogens is 1. The van der Waals surface area contributed by atoms with E-state index in [4.69, 9.17) is 0 Å². The van der Waals surface area contributed by atoms with E-state index in [0.717, 1.165) is 10.0 Å². The van der Waals surface area contributed by atoms with Gasteiger partial charge in [-0.25, -0.2) is 0 Å². The highest BCUT2D eigenvalue weighted by atomic mass is 79.9. The van der Waals surface area contributed by atoms with Gasteiger partial charge in [0.05, 0.1) is 12.0 Å². The van der Waals surface area contributed by atoms with Gasteiger partial charge in [0.2, 0.25) is 11.8 Å². The van der Waals surface area contributed by atoms with E-state index in [-0.39, 0.29) is 30.2 Å². The summed E-state index contributed by atoms with van der Waals surface area (Å²) in [7, 11) is 0. The Balaban J connectivity index is 1.99. The van der Waals surface area contributed by atoms with Crippen molar-refractivity contribution < 1.29 is 9.59 Å². The molecule has 4 nitrogen and oxygen atoms in total. The van der Waals surface area contributed by atoms with Gasteiger partial charge in [-0.05, 0) is 18.6 Å². The number of hydrogen-bond donors (Lipinski definition) is 2. The van der Waals surface area contributed by atoms with Crippen LogP contribution in [-0.2, 0) is 9.59 Å². The second-order valence-electron chi connectivity index (χ2n) is 4.46. The number of benzene rings is 1. The van der Waals surface area contributed by atoms with Crippen LogP contribution in [0.5, 0.6) is 0 Å². The van der Waals surface area contributed by atoms with Crippen LogP contribution < -0.4 is 10.6 Å². The first-order chi connectivity index (χ1) is 8.58. The Morgan fingerprint density at radius 1 is 1.50 bits per heavy atom. The first-order valence-electron chi connectivity index (χ1n) is 5.89. The monoisotopic (exact) mass is 310 g/mol. The maximum atomic E-state index is 12.0. The van der Waals surface area contributed by atoms with Crippen molar-refractivity contribution in [3.05, 3.63) is 34.3 Å². The lowest BCUT2D eigenvalue weighted by atomic mass is 10.1. The molecule has 0 spiro atoms. The van der Waals surface area contributed by atoms with E-state index in [1.54, 1.807) is 0 Å². The molecule has 0 aromatic heterocycles. The first kappa shape index (κ1) is 13.1. The van der Waals surface area contributed by atoms with Gasteiger partial charge in [0.25, 0.3) is 0 Å². The Bertz CT molecular complexity index is 476. The Morgan fingerprint density at radius 2 is 2.22 bits per heavy atom. The highest BCUT2D eigenvalue weighted by Gasteiger charge is 2.28. The summed E-state index contributed by atoms with van der Waals surface area (Å²) in [5.74, 6) is -0.372. The van der Waals surface area contributed by atoms with Crippen LogP contribution >= 0.6 is 15.9 Å². The normalized spacial score (nSPS) is 20.3. The first-order valence-corrected chi connectivity index (χ1v) is 6.68. The highest BCUT2D eigenvalue weighted by Crippen LogP contribution is 2.23. The van der Waals surface area contributed by atoms with E-state index >= 15 is 0 Å². The fourth-order valence-corrected chi connectivity index (χ4v) is 2.65. The van der Waals surface area contributed by atoms with Gasteiger partial charge in [-0.2, -0.15) is 0 Å². The summed E-state index contributed by atoms with van der Waals surface area (Å²) in [6.45, 7) is 2.37. The average Bonchev–Trinajstić information content (AvgIpc) is 2.76. The lowest BCUT2D eigenvalue weighted by molar-refractivity contribution is -0.127. The van der Waals surface area contributed by atoms with Crippen LogP contribution in [0.2, 0.25) is 0 Å². The van der Waals surface area contributed by atoms with Crippen LogP contribution in [-0.4, -0.2) is 18.4 Å². The Hall–Kier alpha value is -1.36. The molecule has 2 atom stereocenters. The van der Waals surface area contributed by atoms with Crippen molar-refractivity contribution in [1.29, 1.82) is 0 Å². The largest absolute Gasteiger partial charge is 0.355 e. The molecular formula is C13H15BrN2O2. The molecule has 0 bridgehead atoms. The molecule has 1 fully saturated rings. The third-order valence-corrected chi connectivity index (χ3v) is 3.80. The van der Waals surface area contributed by atoms with Crippen molar-refractivity contribution in [3.8, 4) is 0 Å². The van der Waals surface area contributed by atoms with Gasteiger partial charge in [-0.15, -0.1) is 0 Å². The zero-order valence-electron chi connectivity index (χ0n) is 10.1. The quantitative estimate of drug-likeness (QED) is 0.894. The van der Waals surface area contributed by atoms with E-state index in [9.17, 15) is 9.59 Å². The summed E-state index contributed by atoms with van der Waals surface area (Å²) < 4.78 is 0.971. The molecule has 0 radical (unpaired) electrons. The Morgan fingerprint density at radius 3 is 2.83 bits per heavy atom. The molecular weight excluding hydrogens is 296 g/mol. The van der Waals surface area contributed by atoms with Crippen molar-refractivity contribution in [2.24, 2.45) is 5.92 Å². The molecule has 0 aliphatic carbocycles. The van der Waals surface area contributed by atoms with Gasteiger partial charge in [-0.1, -0.05) is 34.1 Å². The summed E-state index contributed by atoms with van der Waals surface area (Å²) in [4.78, 5) is 23.0. The minimum absolute atomic E-state index is 0.0521. The summed E-state index contributed by atoms with van der Waals surface area (Å²) >= 11 is 3.46. The standard InChI is InChI=1S/C13H15BrN2O2/c1-8(10-4-2-3-5-11(10)14)16-13(18)9-6-12(17)15-7-9/h2-5,8-9H,6-7H2,1H3,(H,15,17)(H,16,18). The van der Waals surface area contributed by atoms with Crippen LogP contribution in [0.1, 0.15) is 24.9 Å². The zero-order chi connectivity index (χ0) is 13.1. The summed E-state index contributed by atoms with van der Waals surface area (Å²) in [5, 5.41) is 5.60. The molecule has 2 amide bonds. The second kappa shape index (κ2) is 5.52. The zero-order valence-corrected chi connectivity index (χ0v) is 11.7. The minimum Gasteiger partial charge on any atom is -0.355 e. The number of carbonyl (C=O) groups excluding carboxylic acids is 2. The minimum atomic E-state index is -0.248. The number of amides is 2. The second-order valence-corrected chi connectivity index (χ2v) is 5.31. The van der Waals surface area contributed by atoms with Gasteiger partial charge in [-0.3, -0.25) is 9.59 Å². The molecule has 2 rings (SSSR count). The lowest BCUT2D eigenvalue weighted by Gasteiger charge is -2.17. The smallest absolute Gasteiger partial charge is 0.225 e. The Labute approximate surface area is 114 Å². The van der Waals surface area contributed by atoms with E-state index in [0.29, 0.717) is 6.54 Å². The lowest BCUT2D eigenvalue weighted by Crippen LogP contribution is -2.33. The van der Waals surface area contributed by atoms with Crippen molar-refractivity contribution in [2.45, 2.75) is 19.4 Å². The van der Waals surface area contributed by atoms with E-state index < -0.39 is 0 Å². The predicted octanol–water partition coefficient (Wildman–Crippen LogP) is 1.76. The van der Waals surface area contributed by atoms with Crippen molar-refractivity contribution in [2.75, 3.05) is 6.54 Å². The molecule has 0 saturated carbocycles. The van der Waals surface area contributed by atoms with Crippen LogP contribution in [0.15, 0.2) is 28.7 Å². The maximum absolute atomic E-state index is 12.0. The van der Waals surface area contributed by atoms with E-state index in [2.05, 4.69) is 26.6 Å². The summed E-state index contributed by atoms with van der Waals surface area (Å²) in [6.07, 6.45) is 0.286. The number of nitrogens with one attached hydrogen (secondary N) is 2. The number of carbonyl (C=O) groups is 2. The van der Waals surface area contributed by atoms with Crippen molar-refractivity contribution in [1.82, 2.24) is 10.6 Å². The third-order valence-electron chi connectivity index (χ3n) is 3.08. The molecule has 1 heterocycles. The van der Waals surface area contributed by atoms with E-state index in [1.165, 1.54) is 0 Å². The molecule has 1 saturated heterocycles. The third kappa shape index (κ3) is 2.90. The molecule has 96 valence electrons. The Kier molecular flexibility index (Phi) is 4.01. The molecule has 1 aromatic carbocycles. The summed E-state index contributed by atoms with van der Waals surface area (Å²) in [5.41, 5.74) is 1.03. The van der Waals surface area contributed by atoms with Crippen LogP contribution in [0.25, 0.3) is 0 Å². The van der Waals surface area contributed by atoms with Crippen LogP contribution in [0, 0.1) is 5.92 Å². The van der Waals surface area contributed by atoms with Crippen LogP contribution in [0.4, 0.5) is 0 Å². The van der Waals surface area contributed by atoms with Crippen molar-refractivity contribution >= 4 is 27.7 Å². The number of rotatable bonds is 3. The van der Waals surface area contributed by atoms with Gasteiger partial charge in [0.1, 0.15) is 0 Å². The predicted molar refractivity (Wildman–Crippen MR) is 71.8 cm³/mol. The molecule has 1 aliphatic rings. The highest BCUT2D eigenvalue weighted by molar-refractivity contribution is 9.10. The average molecular weight is 311 g/mol. The van der Waals surface area contributed by atoms with Gasteiger partial charge in [0.15, 0.2) is 0 Å². The molecule has 5 heteroatoms. The molecule has 1 aliphatic heterocycles. The summed E-state index contributed by atoms with van der Waals surface area (Å²) in [6, 6.07) is 7.69. The topological polar surface area (TPSA) is 58.2 Å². The van der Waals surface area contributed by atoms with Crippen LogP contribution in [0.3, 0.4) is 0 Å². The molecule has 2 N–H and O–H groups in total.